The van der Waals surface area contributed by atoms with Crippen LogP contribution in [0.5, 0.6) is 0 Å². The number of thiophene rings is 1. The number of aromatic nitrogens is 3. The van der Waals surface area contributed by atoms with Crippen LogP contribution in [0.25, 0.3) is 21.3 Å². The Kier molecular flexibility index (Phi) is 6.55. The molecule has 0 unspecified atom stereocenters. The van der Waals surface area contributed by atoms with Crippen LogP contribution in [0.2, 0.25) is 0 Å². The van der Waals surface area contributed by atoms with Crippen LogP contribution < -0.4 is 16.4 Å². The van der Waals surface area contributed by atoms with Gasteiger partial charge in [-0.15, -0.1) is 11.3 Å². The van der Waals surface area contributed by atoms with Crippen molar-refractivity contribution in [3.8, 4) is 10.4 Å². The Morgan fingerprint density at radius 2 is 1.94 bits per heavy atom. The van der Waals surface area contributed by atoms with Gasteiger partial charge in [0.05, 0.1) is 23.7 Å². The lowest BCUT2D eigenvalue weighted by atomic mass is 10.1. The fraction of sp³-hybridized carbons (Fsp3) is 0.111. The zero-order valence-electron chi connectivity index (χ0n) is 19.4. The monoisotopic (exact) mass is 498 g/mol. The number of nitrogens with zero attached hydrogens (tertiary/aromatic N) is 3. The molecule has 1 amide bonds. The molecule has 4 N–H and O–H groups in total. The summed E-state index contributed by atoms with van der Waals surface area (Å²) in [5.74, 6) is 0.304. The Hall–Kier alpha value is -4.37. The Morgan fingerprint density at radius 1 is 1.06 bits per heavy atom. The van der Waals surface area contributed by atoms with Crippen molar-refractivity contribution in [1.82, 2.24) is 20.3 Å². The van der Waals surface area contributed by atoms with E-state index in [-0.39, 0.29) is 17.8 Å². The summed E-state index contributed by atoms with van der Waals surface area (Å²) in [6.45, 7) is 2.32. The van der Waals surface area contributed by atoms with Crippen molar-refractivity contribution in [1.29, 1.82) is 0 Å². The van der Waals surface area contributed by atoms with Gasteiger partial charge in [0.25, 0.3) is 5.91 Å². The molecule has 0 aliphatic carbocycles. The molecule has 0 spiro atoms. The molecule has 7 nitrogen and oxygen atoms in total. The molecule has 0 saturated carbocycles. The SMILES string of the molecule is C[C@@H](NC(=O)c1cccnc1NCc1ccc(-c2ccc3ncnc(N)c3c2)s1)c1cccc(F)c1. The second-order valence-electron chi connectivity index (χ2n) is 8.26. The third-order valence-corrected chi connectivity index (χ3v) is 6.93. The van der Waals surface area contributed by atoms with Gasteiger partial charge in [-0.3, -0.25) is 4.79 Å². The van der Waals surface area contributed by atoms with E-state index in [9.17, 15) is 9.18 Å². The van der Waals surface area contributed by atoms with Crippen molar-refractivity contribution in [2.45, 2.75) is 19.5 Å². The van der Waals surface area contributed by atoms with Crippen LogP contribution in [0.3, 0.4) is 0 Å². The Bertz CT molecular complexity index is 1550. The minimum atomic E-state index is -0.359. The van der Waals surface area contributed by atoms with Crippen molar-refractivity contribution in [2.75, 3.05) is 11.1 Å². The number of hydrogen-bond acceptors (Lipinski definition) is 7. The van der Waals surface area contributed by atoms with Gasteiger partial charge in [-0.2, -0.15) is 0 Å². The van der Waals surface area contributed by atoms with Gasteiger partial charge in [0.2, 0.25) is 0 Å². The number of benzene rings is 2. The highest BCUT2D eigenvalue weighted by Crippen LogP contribution is 2.31. The first-order valence-electron chi connectivity index (χ1n) is 11.3. The average Bonchev–Trinajstić information content (AvgIpc) is 3.37. The summed E-state index contributed by atoms with van der Waals surface area (Å²) in [6, 6.07) is 19.3. The number of hydrogen-bond donors (Lipinski definition) is 3. The largest absolute Gasteiger partial charge is 0.383 e. The van der Waals surface area contributed by atoms with E-state index >= 15 is 0 Å². The molecule has 3 heterocycles. The summed E-state index contributed by atoms with van der Waals surface area (Å²) in [5, 5.41) is 7.01. The lowest BCUT2D eigenvalue weighted by Crippen LogP contribution is -2.27. The maximum Gasteiger partial charge on any atom is 0.255 e. The Morgan fingerprint density at radius 3 is 2.81 bits per heavy atom. The van der Waals surface area contributed by atoms with E-state index in [1.54, 1.807) is 41.8 Å². The van der Waals surface area contributed by atoms with Crippen molar-refractivity contribution in [2.24, 2.45) is 0 Å². The van der Waals surface area contributed by atoms with Crippen molar-refractivity contribution in [3.63, 3.8) is 0 Å². The lowest BCUT2D eigenvalue weighted by molar-refractivity contribution is 0.0940. The topological polar surface area (TPSA) is 106 Å². The van der Waals surface area contributed by atoms with E-state index in [4.69, 9.17) is 5.73 Å². The molecular weight excluding hydrogens is 475 g/mol. The number of nitrogens with two attached hydrogens (primary N) is 1. The summed E-state index contributed by atoms with van der Waals surface area (Å²) >= 11 is 1.64. The minimum Gasteiger partial charge on any atom is -0.383 e. The molecule has 2 aromatic carbocycles. The summed E-state index contributed by atoms with van der Waals surface area (Å²) in [4.78, 5) is 27.8. The molecule has 0 saturated heterocycles. The molecule has 0 radical (unpaired) electrons. The van der Waals surface area contributed by atoms with Crippen LogP contribution in [-0.4, -0.2) is 20.9 Å². The summed E-state index contributed by atoms with van der Waals surface area (Å²) < 4.78 is 13.6. The first kappa shape index (κ1) is 23.4. The number of fused-ring (bicyclic) bond motifs is 1. The predicted octanol–water partition coefficient (Wildman–Crippen LogP) is 5.58. The maximum absolute atomic E-state index is 13.6. The van der Waals surface area contributed by atoms with Gasteiger partial charge in [-0.1, -0.05) is 18.2 Å². The number of carbonyl (C=O) groups excluding carboxylic acids is 1. The quantitative estimate of drug-likeness (QED) is 0.271. The smallest absolute Gasteiger partial charge is 0.255 e. The third-order valence-electron chi connectivity index (χ3n) is 5.79. The molecule has 1 atom stereocenters. The molecule has 5 rings (SSSR count). The summed E-state index contributed by atoms with van der Waals surface area (Å²) in [7, 11) is 0. The number of carbonyl (C=O) groups is 1. The zero-order valence-corrected chi connectivity index (χ0v) is 20.2. The average molecular weight is 499 g/mol. The lowest BCUT2D eigenvalue weighted by Gasteiger charge is -2.16. The number of halogens is 1. The second kappa shape index (κ2) is 10.1. The molecule has 9 heteroatoms. The van der Waals surface area contributed by atoms with E-state index in [1.807, 2.05) is 31.2 Å². The number of anilines is 2. The van der Waals surface area contributed by atoms with E-state index in [0.717, 1.165) is 26.2 Å². The summed E-state index contributed by atoms with van der Waals surface area (Å²) in [6.07, 6.45) is 3.09. The standard InChI is InChI=1S/C27H23FN6OS/c1-16(17-4-2-5-19(28)12-17)34-27(35)21-6-3-11-30-26(21)31-14-20-8-10-24(36-20)18-7-9-23-22(13-18)25(29)33-15-32-23/h2-13,15-16H,14H2,1H3,(H,30,31)(H,34,35)(H2,29,32,33)/t16-/m1/s1. The Labute approximate surface area is 211 Å². The minimum absolute atomic E-state index is 0.287. The molecule has 3 aromatic heterocycles. The van der Waals surface area contributed by atoms with Gasteiger partial charge >= 0.3 is 0 Å². The summed E-state index contributed by atoms with van der Waals surface area (Å²) in [5.41, 5.74) is 8.96. The first-order chi connectivity index (χ1) is 17.5. The van der Waals surface area contributed by atoms with Crippen LogP contribution in [0.15, 0.2) is 79.3 Å². The molecule has 36 heavy (non-hydrogen) atoms. The molecule has 0 fully saturated rings. The van der Waals surface area contributed by atoms with Gasteiger partial charge in [0, 0.05) is 21.3 Å². The molecular formula is C27H23FN6OS. The maximum atomic E-state index is 13.6. The molecule has 0 aliphatic rings. The fourth-order valence-corrected chi connectivity index (χ4v) is 4.84. The highest BCUT2D eigenvalue weighted by Gasteiger charge is 2.16. The van der Waals surface area contributed by atoms with Gasteiger partial charge in [0.15, 0.2) is 0 Å². The van der Waals surface area contributed by atoms with Crippen molar-refractivity contribution < 1.29 is 9.18 Å². The van der Waals surface area contributed by atoms with Crippen LogP contribution >= 0.6 is 11.3 Å². The van der Waals surface area contributed by atoms with Gasteiger partial charge < -0.3 is 16.4 Å². The molecule has 180 valence electrons. The number of nitrogen functional groups attached to an aromatic ring is 1. The van der Waals surface area contributed by atoms with Crippen molar-refractivity contribution in [3.05, 3.63) is 101 Å². The first-order valence-corrected chi connectivity index (χ1v) is 12.1. The van der Waals surface area contributed by atoms with Crippen LogP contribution in [-0.2, 0) is 6.54 Å². The molecule has 0 bridgehead atoms. The third kappa shape index (κ3) is 5.01. The molecule has 5 aromatic rings. The highest BCUT2D eigenvalue weighted by molar-refractivity contribution is 7.15. The predicted molar refractivity (Wildman–Crippen MR) is 141 cm³/mol. The van der Waals surface area contributed by atoms with Crippen LogP contribution in [0.1, 0.15) is 33.8 Å². The Balaban J connectivity index is 1.29. The number of amides is 1. The van der Waals surface area contributed by atoms with Gasteiger partial charge in [0.1, 0.15) is 23.8 Å². The highest BCUT2D eigenvalue weighted by atomic mass is 32.1. The number of nitrogens with one attached hydrogen (secondary N) is 2. The normalized spacial score (nSPS) is 11.8. The van der Waals surface area contributed by atoms with E-state index in [2.05, 4.69) is 31.7 Å². The van der Waals surface area contributed by atoms with E-state index in [1.165, 1.54) is 18.5 Å². The fourth-order valence-electron chi connectivity index (χ4n) is 3.89. The van der Waals surface area contributed by atoms with Gasteiger partial charge in [-0.05, 0) is 66.6 Å². The van der Waals surface area contributed by atoms with Gasteiger partial charge in [-0.25, -0.2) is 19.3 Å². The zero-order chi connectivity index (χ0) is 25.1. The number of rotatable bonds is 7. The van der Waals surface area contributed by atoms with Crippen LogP contribution in [0, 0.1) is 5.82 Å². The second-order valence-corrected chi connectivity index (χ2v) is 9.43. The van der Waals surface area contributed by atoms with Crippen molar-refractivity contribution >= 4 is 39.8 Å². The van der Waals surface area contributed by atoms with Crippen LogP contribution in [0.4, 0.5) is 16.0 Å². The van der Waals surface area contributed by atoms with E-state index in [0.29, 0.717) is 29.3 Å². The van der Waals surface area contributed by atoms with E-state index < -0.39 is 0 Å². The number of pyridine rings is 1. The molecule has 0 aliphatic heterocycles.